The average molecular weight is 390 g/mol. The van der Waals surface area contributed by atoms with E-state index in [1.165, 1.54) is 17.8 Å². The van der Waals surface area contributed by atoms with Gasteiger partial charge in [0.2, 0.25) is 6.79 Å². The molecule has 1 aromatic heterocycles. The number of halogens is 3. The van der Waals surface area contributed by atoms with Gasteiger partial charge in [0.1, 0.15) is 5.03 Å². The van der Waals surface area contributed by atoms with Crippen molar-refractivity contribution in [2.45, 2.75) is 17.0 Å². The molecule has 0 saturated carbocycles. The Morgan fingerprint density at radius 2 is 1.78 bits per heavy atom. The minimum atomic E-state index is -4.34. The van der Waals surface area contributed by atoms with E-state index in [0.717, 1.165) is 17.7 Å². The molecule has 0 bridgehead atoms. The van der Waals surface area contributed by atoms with Gasteiger partial charge in [-0.2, -0.15) is 13.2 Å². The number of hydrogen-bond donors (Lipinski definition) is 0. The Morgan fingerprint density at radius 3 is 2.56 bits per heavy atom. The summed E-state index contributed by atoms with van der Waals surface area (Å²) in [6.45, 7) is 0.204. The lowest BCUT2D eigenvalue weighted by atomic mass is 10.1. The van der Waals surface area contributed by atoms with Crippen molar-refractivity contribution in [1.29, 1.82) is 0 Å². The summed E-state index contributed by atoms with van der Waals surface area (Å²) in [5, 5.41) is 8.99. The van der Waals surface area contributed by atoms with E-state index in [0.29, 0.717) is 33.5 Å². The molecule has 8 heteroatoms. The van der Waals surface area contributed by atoms with E-state index in [2.05, 4.69) is 10.2 Å². The molecule has 2 aromatic carbocycles. The van der Waals surface area contributed by atoms with Crippen molar-refractivity contribution in [2.75, 3.05) is 6.79 Å². The molecule has 0 radical (unpaired) electrons. The molecule has 2 heterocycles. The summed E-state index contributed by atoms with van der Waals surface area (Å²) >= 11 is 1.33. The average Bonchev–Trinajstić information content (AvgIpc) is 3.14. The van der Waals surface area contributed by atoms with Crippen molar-refractivity contribution in [3.05, 3.63) is 65.7 Å². The number of alkyl halides is 3. The number of fused-ring (bicyclic) bond motifs is 1. The van der Waals surface area contributed by atoms with Crippen LogP contribution in [0.4, 0.5) is 13.2 Å². The molecule has 0 aliphatic carbocycles. The number of aromatic nitrogens is 2. The second-order valence-corrected chi connectivity index (χ2v) is 6.81. The third kappa shape index (κ3) is 4.00. The summed E-state index contributed by atoms with van der Waals surface area (Å²) in [5.41, 5.74) is 1.46. The molecule has 4 nitrogen and oxygen atoms in total. The molecule has 1 aliphatic heterocycles. The van der Waals surface area contributed by atoms with Gasteiger partial charge in [-0.15, -0.1) is 10.2 Å². The highest BCUT2D eigenvalue weighted by molar-refractivity contribution is 7.98. The van der Waals surface area contributed by atoms with Crippen molar-refractivity contribution in [3.63, 3.8) is 0 Å². The lowest BCUT2D eigenvalue weighted by Gasteiger charge is -2.08. The van der Waals surface area contributed by atoms with Gasteiger partial charge in [-0.3, -0.25) is 0 Å². The van der Waals surface area contributed by atoms with Gasteiger partial charge in [0.25, 0.3) is 0 Å². The quantitative estimate of drug-likeness (QED) is 0.574. The van der Waals surface area contributed by atoms with Crippen molar-refractivity contribution in [1.82, 2.24) is 10.2 Å². The van der Waals surface area contributed by atoms with E-state index < -0.39 is 11.7 Å². The normalized spacial score (nSPS) is 13.0. The highest BCUT2D eigenvalue weighted by Gasteiger charge is 2.30. The van der Waals surface area contributed by atoms with Crippen LogP contribution < -0.4 is 9.47 Å². The van der Waals surface area contributed by atoms with Crippen molar-refractivity contribution >= 4 is 11.8 Å². The molecule has 0 amide bonds. The lowest BCUT2D eigenvalue weighted by Crippen LogP contribution is -2.04. The molecule has 0 saturated heterocycles. The number of rotatable bonds is 4. The van der Waals surface area contributed by atoms with Crippen LogP contribution in [0.5, 0.6) is 11.5 Å². The standard InChI is InChI=1S/C19H13F3N2O2S/c20-19(21,22)14-3-1-2-12(8-14)10-27-18-7-5-15(23-24-18)13-4-6-16-17(9-13)26-11-25-16/h1-9H,10-11H2. The van der Waals surface area contributed by atoms with Gasteiger partial charge in [0.15, 0.2) is 11.5 Å². The van der Waals surface area contributed by atoms with Crippen LogP contribution in [0.3, 0.4) is 0 Å². The van der Waals surface area contributed by atoms with Gasteiger partial charge >= 0.3 is 6.18 Å². The fourth-order valence-corrected chi connectivity index (χ4v) is 3.36. The zero-order chi connectivity index (χ0) is 18.9. The van der Waals surface area contributed by atoms with Crippen molar-refractivity contribution < 1.29 is 22.6 Å². The van der Waals surface area contributed by atoms with Crippen molar-refractivity contribution in [3.8, 4) is 22.8 Å². The van der Waals surface area contributed by atoms with Crippen LogP contribution in [0, 0.1) is 0 Å². The summed E-state index contributed by atoms with van der Waals surface area (Å²) in [4.78, 5) is 0. The molecular weight excluding hydrogens is 377 g/mol. The number of hydrogen-bond acceptors (Lipinski definition) is 5. The van der Waals surface area contributed by atoms with Crippen LogP contribution in [0.2, 0.25) is 0 Å². The number of ether oxygens (including phenoxy) is 2. The fourth-order valence-electron chi connectivity index (χ4n) is 2.60. The van der Waals surface area contributed by atoms with Crippen LogP contribution in [0.1, 0.15) is 11.1 Å². The molecule has 1 aliphatic rings. The molecule has 0 unspecified atom stereocenters. The Labute approximate surface area is 157 Å². The van der Waals surface area contributed by atoms with E-state index in [9.17, 15) is 13.2 Å². The molecule has 3 aromatic rings. The predicted octanol–water partition coefficient (Wildman–Crippen LogP) is 5.18. The number of benzene rings is 2. The summed E-state index contributed by atoms with van der Waals surface area (Å²) in [5.74, 6) is 1.74. The highest BCUT2D eigenvalue weighted by atomic mass is 32.2. The minimum Gasteiger partial charge on any atom is -0.454 e. The molecule has 4 rings (SSSR count). The van der Waals surface area contributed by atoms with E-state index in [1.807, 2.05) is 24.3 Å². The van der Waals surface area contributed by atoms with E-state index in [1.54, 1.807) is 12.1 Å². The maximum absolute atomic E-state index is 12.8. The largest absolute Gasteiger partial charge is 0.454 e. The molecule has 0 N–H and O–H groups in total. The lowest BCUT2D eigenvalue weighted by molar-refractivity contribution is -0.137. The number of thioether (sulfide) groups is 1. The summed E-state index contributed by atoms with van der Waals surface area (Å²) in [6, 6.07) is 14.4. The first-order valence-electron chi connectivity index (χ1n) is 8.02. The molecule has 138 valence electrons. The number of nitrogens with zero attached hydrogens (tertiary/aromatic N) is 2. The SMILES string of the molecule is FC(F)(F)c1cccc(CSc2ccc(-c3ccc4c(c3)OCO4)nn2)c1. The van der Waals surface area contributed by atoms with Crippen LogP contribution in [-0.4, -0.2) is 17.0 Å². The Kier molecular flexibility index (Phi) is 4.65. The van der Waals surface area contributed by atoms with Gasteiger partial charge < -0.3 is 9.47 Å². The Hall–Kier alpha value is -2.74. The van der Waals surface area contributed by atoms with Gasteiger partial charge in [-0.25, -0.2) is 0 Å². The zero-order valence-corrected chi connectivity index (χ0v) is 14.7. The monoisotopic (exact) mass is 390 g/mol. The predicted molar refractivity (Wildman–Crippen MR) is 94.6 cm³/mol. The third-order valence-corrected chi connectivity index (χ3v) is 4.94. The van der Waals surface area contributed by atoms with Crippen LogP contribution in [-0.2, 0) is 11.9 Å². The molecule has 27 heavy (non-hydrogen) atoms. The van der Waals surface area contributed by atoms with Gasteiger partial charge in [-0.1, -0.05) is 30.0 Å². The Bertz CT molecular complexity index is 962. The first kappa shape index (κ1) is 17.7. The minimum absolute atomic E-state index is 0.204. The third-order valence-electron chi connectivity index (χ3n) is 3.95. The van der Waals surface area contributed by atoms with Gasteiger partial charge in [-0.05, 0) is 42.0 Å². The van der Waals surface area contributed by atoms with E-state index in [4.69, 9.17) is 9.47 Å². The first-order chi connectivity index (χ1) is 13.0. The molecule has 0 spiro atoms. The van der Waals surface area contributed by atoms with Crippen LogP contribution in [0.15, 0.2) is 59.6 Å². The van der Waals surface area contributed by atoms with E-state index in [-0.39, 0.29) is 6.79 Å². The summed E-state index contributed by atoms with van der Waals surface area (Å²) in [6.07, 6.45) is -4.34. The molecule has 0 atom stereocenters. The maximum atomic E-state index is 12.8. The molecular formula is C19H13F3N2O2S. The van der Waals surface area contributed by atoms with Gasteiger partial charge in [0.05, 0.1) is 11.3 Å². The van der Waals surface area contributed by atoms with Crippen LogP contribution >= 0.6 is 11.8 Å². The van der Waals surface area contributed by atoms with E-state index >= 15 is 0 Å². The fraction of sp³-hybridized carbons (Fsp3) is 0.158. The first-order valence-corrected chi connectivity index (χ1v) is 9.00. The van der Waals surface area contributed by atoms with Crippen molar-refractivity contribution in [2.24, 2.45) is 0 Å². The maximum Gasteiger partial charge on any atom is 0.416 e. The Balaban J connectivity index is 1.44. The topological polar surface area (TPSA) is 44.2 Å². The Morgan fingerprint density at radius 1 is 0.926 bits per heavy atom. The second kappa shape index (κ2) is 7.11. The zero-order valence-electron chi connectivity index (χ0n) is 13.9. The summed E-state index contributed by atoms with van der Waals surface area (Å²) in [7, 11) is 0. The van der Waals surface area contributed by atoms with Crippen LogP contribution in [0.25, 0.3) is 11.3 Å². The second-order valence-electron chi connectivity index (χ2n) is 5.81. The van der Waals surface area contributed by atoms with Gasteiger partial charge in [0, 0.05) is 11.3 Å². The summed E-state index contributed by atoms with van der Waals surface area (Å²) < 4.78 is 49.0. The smallest absolute Gasteiger partial charge is 0.416 e. The highest BCUT2D eigenvalue weighted by Crippen LogP contribution is 2.35. The molecule has 0 fully saturated rings.